The fraction of sp³-hybridized carbons (Fsp3) is 0.571. The Hall–Kier alpha value is -1.85. The zero-order valence-corrected chi connectivity index (χ0v) is 16.3. The monoisotopic (exact) mass is 358 g/mol. The Morgan fingerprint density at radius 2 is 2.04 bits per heavy atom. The number of benzene rings is 1. The van der Waals surface area contributed by atoms with Gasteiger partial charge in [0.15, 0.2) is 0 Å². The van der Waals surface area contributed by atoms with E-state index in [9.17, 15) is 0 Å². The summed E-state index contributed by atoms with van der Waals surface area (Å²) in [5, 5.41) is 0. The first-order chi connectivity index (χ1) is 12.5. The summed E-state index contributed by atoms with van der Waals surface area (Å²) in [5.41, 5.74) is 1.13. The van der Waals surface area contributed by atoms with Crippen molar-refractivity contribution < 1.29 is 13.9 Å². The van der Waals surface area contributed by atoms with Gasteiger partial charge in [0, 0.05) is 30.7 Å². The third-order valence-electron chi connectivity index (χ3n) is 4.72. The minimum atomic E-state index is -0.0344. The molecule has 1 aromatic carbocycles. The van der Waals surface area contributed by atoms with Gasteiger partial charge in [-0.2, -0.15) is 0 Å². The van der Waals surface area contributed by atoms with Gasteiger partial charge in [-0.05, 0) is 18.9 Å². The lowest BCUT2D eigenvalue weighted by molar-refractivity contribution is 0.0642. The molecular formula is C21H30N2O3. The van der Waals surface area contributed by atoms with Crippen LogP contribution in [0, 0.1) is 0 Å². The summed E-state index contributed by atoms with van der Waals surface area (Å²) in [7, 11) is 1.72. The molecule has 142 valence electrons. The van der Waals surface area contributed by atoms with Crippen molar-refractivity contribution in [2.75, 3.05) is 20.3 Å². The smallest absolute Gasteiger partial charge is 0.208 e. The highest BCUT2D eigenvalue weighted by atomic mass is 16.5. The average molecular weight is 358 g/mol. The maximum atomic E-state index is 6.01. The molecule has 5 nitrogen and oxygen atoms in total. The average Bonchev–Trinajstić information content (AvgIpc) is 3.27. The number of rotatable bonds is 7. The fourth-order valence-corrected chi connectivity index (χ4v) is 3.26. The van der Waals surface area contributed by atoms with Gasteiger partial charge in [0.05, 0.1) is 26.0 Å². The molecule has 0 N–H and O–H groups in total. The minimum absolute atomic E-state index is 0.0344. The van der Waals surface area contributed by atoms with Crippen LogP contribution in [0.25, 0.3) is 0 Å². The summed E-state index contributed by atoms with van der Waals surface area (Å²) in [4.78, 5) is 6.84. The summed E-state index contributed by atoms with van der Waals surface area (Å²) < 4.78 is 17.4. The van der Waals surface area contributed by atoms with E-state index in [-0.39, 0.29) is 11.5 Å². The minimum Gasteiger partial charge on any atom is -0.496 e. The highest BCUT2D eigenvalue weighted by molar-refractivity contribution is 5.33. The Balaban J connectivity index is 1.75. The zero-order valence-electron chi connectivity index (χ0n) is 16.3. The predicted molar refractivity (Wildman–Crippen MR) is 101 cm³/mol. The summed E-state index contributed by atoms with van der Waals surface area (Å²) in [6.07, 6.45) is 4.38. The second kappa shape index (κ2) is 8.23. The molecule has 0 bridgehead atoms. The molecule has 1 aromatic heterocycles. The van der Waals surface area contributed by atoms with Crippen LogP contribution in [0.2, 0.25) is 0 Å². The fourth-order valence-electron chi connectivity index (χ4n) is 3.26. The number of oxazole rings is 1. The van der Waals surface area contributed by atoms with Crippen molar-refractivity contribution in [3.05, 3.63) is 47.7 Å². The first kappa shape index (κ1) is 18.9. The number of nitrogens with zero attached hydrogens (tertiary/aromatic N) is 2. The Bertz CT molecular complexity index is 699. The number of methoxy groups -OCH3 is 1. The van der Waals surface area contributed by atoms with Crippen molar-refractivity contribution >= 4 is 0 Å². The molecule has 1 fully saturated rings. The van der Waals surface area contributed by atoms with Crippen LogP contribution in [-0.4, -0.2) is 36.2 Å². The largest absolute Gasteiger partial charge is 0.496 e. The van der Waals surface area contributed by atoms with Gasteiger partial charge in [-0.1, -0.05) is 39.0 Å². The topological polar surface area (TPSA) is 47.7 Å². The summed E-state index contributed by atoms with van der Waals surface area (Å²) in [5.74, 6) is 2.58. The van der Waals surface area contributed by atoms with Crippen LogP contribution >= 0.6 is 0 Å². The Kier molecular flexibility index (Phi) is 5.99. The molecule has 1 saturated heterocycles. The van der Waals surface area contributed by atoms with E-state index in [0.29, 0.717) is 6.54 Å². The molecule has 2 aromatic rings. The summed E-state index contributed by atoms with van der Waals surface area (Å²) >= 11 is 0. The molecule has 0 saturated carbocycles. The lowest BCUT2D eigenvalue weighted by Crippen LogP contribution is -2.31. The number of ether oxygens (including phenoxy) is 2. The van der Waals surface area contributed by atoms with Crippen molar-refractivity contribution in [3.8, 4) is 5.75 Å². The molecule has 1 aliphatic rings. The molecule has 3 rings (SSSR count). The molecule has 26 heavy (non-hydrogen) atoms. The van der Waals surface area contributed by atoms with Gasteiger partial charge >= 0.3 is 0 Å². The van der Waals surface area contributed by atoms with E-state index in [0.717, 1.165) is 55.5 Å². The van der Waals surface area contributed by atoms with Crippen LogP contribution in [0.15, 0.2) is 34.9 Å². The molecule has 0 aliphatic carbocycles. The van der Waals surface area contributed by atoms with Crippen molar-refractivity contribution in [2.24, 2.45) is 0 Å². The van der Waals surface area contributed by atoms with Crippen LogP contribution in [-0.2, 0) is 23.2 Å². The van der Waals surface area contributed by atoms with Crippen LogP contribution in [0.5, 0.6) is 5.75 Å². The van der Waals surface area contributed by atoms with Crippen molar-refractivity contribution in [1.29, 1.82) is 0 Å². The Labute approximate surface area is 156 Å². The number of hydrogen-bond donors (Lipinski definition) is 0. The molecule has 0 spiro atoms. The van der Waals surface area contributed by atoms with Gasteiger partial charge in [-0.3, -0.25) is 4.90 Å². The summed E-state index contributed by atoms with van der Waals surface area (Å²) in [6.45, 7) is 9.57. The standard InChI is InChI=1S/C21H30N2O3/c1-21(2,3)19-12-22-20(26-19)15-23(14-17-9-7-11-25-17)13-16-8-5-6-10-18(16)24-4/h5-6,8,10,12,17H,7,9,11,13-15H2,1-4H3/t17-/m1/s1. The van der Waals surface area contributed by atoms with Gasteiger partial charge in [0.25, 0.3) is 0 Å². The van der Waals surface area contributed by atoms with Gasteiger partial charge in [-0.15, -0.1) is 0 Å². The lowest BCUT2D eigenvalue weighted by atomic mass is 9.94. The van der Waals surface area contributed by atoms with Gasteiger partial charge in [0.2, 0.25) is 5.89 Å². The predicted octanol–water partition coefficient (Wildman–Crippen LogP) is 4.16. The van der Waals surface area contributed by atoms with Crippen molar-refractivity contribution in [1.82, 2.24) is 9.88 Å². The van der Waals surface area contributed by atoms with E-state index in [1.165, 1.54) is 0 Å². The van der Waals surface area contributed by atoms with Crippen molar-refractivity contribution in [3.63, 3.8) is 0 Å². The molecule has 1 atom stereocenters. The Morgan fingerprint density at radius 3 is 2.69 bits per heavy atom. The molecule has 2 heterocycles. The normalized spacial score (nSPS) is 17.8. The SMILES string of the molecule is COc1ccccc1CN(Cc1ncc(C(C)(C)C)o1)C[C@H]1CCCO1. The Morgan fingerprint density at radius 1 is 1.23 bits per heavy atom. The third-order valence-corrected chi connectivity index (χ3v) is 4.72. The van der Waals surface area contributed by atoms with E-state index in [2.05, 4.69) is 36.7 Å². The van der Waals surface area contributed by atoms with Crippen LogP contribution in [0.4, 0.5) is 0 Å². The third kappa shape index (κ3) is 4.86. The van der Waals surface area contributed by atoms with E-state index >= 15 is 0 Å². The van der Waals surface area contributed by atoms with E-state index in [1.807, 2.05) is 24.4 Å². The molecule has 0 radical (unpaired) electrons. The number of aromatic nitrogens is 1. The number of para-hydroxylation sites is 1. The van der Waals surface area contributed by atoms with Gasteiger partial charge in [-0.25, -0.2) is 4.98 Å². The number of hydrogen-bond acceptors (Lipinski definition) is 5. The van der Waals surface area contributed by atoms with Crippen LogP contribution < -0.4 is 4.74 Å². The van der Waals surface area contributed by atoms with Crippen LogP contribution in [0.1, 0.15) is 50.8 Å². The quantitative estimate of drug-likeness (QED) is 0.744. The second-order valence-electron chi connectivity index (χ2n) is 7.98. The molecular weight excluding hydrogens is 328 g/mol. The molecule has 1 aliphatic heterocycles. The van der Waals surface area contributed by atoms with E-state index in [4.69, 9.17) is 13.9 Å². The molecule has 0 unspecified atom stereocenters. The molecule has 5 heteroatoms. The first-order valence-electron chi connectivity index (χ1n) is 9.37. The van der Waals surface area contributed by atoms with Crippen LogP contribution in [0.3, 0.4) is 0 Å². The first-order valence-corrected chi connectivity index (χ1v) is 9.37. The second-order valence-corrected chi connectivity index (χ2v) is 7.98. The van der Waals surface area contributed by atoms with Gasteiger partial charge in [0.1, 0.15) is 11.5 Å². The lowest BCUT2D eigenvalue weighted by Gasteiger charge is -2.25. The molecule has 0 amide bonds. The maximum absolute atomic E-state index is 6.01. The summed E-state index contributed by atoms with van der Waals surface area (Å²) in [6, 6.07) is 8.15. The maximum Gasteiger partial charge on any atom is 0.208 e. The van der Waals surface area contributed by atoms with E-state index in [1.54, 1.807) is 7.11 Å². The zero-order chi connectivity index (χ0) is 18.6. The highest BCUT2D eigenvalue weighted by Gasteiger charge is 2.23. The van der Waals surface area contributed by atoms with Crippen molar-refractivity contribution in [2.45, 2.75) is 58.2 Å². The van der Waals surface area contributed by atoms with E-state index < -0.39 is 0 Å². The highest BCUT2D eigenvalue weighted by Crippen LogP contribution is 2.25. The van der Waals surface area contributed by atoms with Gasteiger partial charge < -0.3 is 13.9 Å².